The van der Waals surface area contributed by atoms with Crippen molar-refractivity contribution in [2.75, 3.05) is 13.2 Å². The molecule has 17 heavy (non-hydrogen) atoms. The molecule has 1 aromatic heterocycles. The minimum Gasteiger partial charge on any atom is -0.396 e. The monoisotopic (exact) mass is 255 g/mol. The van der Waals surface area contributed by atoms with Crippen LogP contribution in [0.15, 0.2) is 6.07 Å². The Balaban J connectivity index is 2.52. The van der Waals surface area contributed by atoms with E-state index in [1.165, 1.54) is 10.4 Å². The Morgan fingerprint density at radius 1 is 1.59 bits per heavy atom. The van der Waals surface area contributed by atoms with Gasteiger partial charge < -0.3 is 10.4 Å². The Hall–Kier alpha value is -0.870. The first-order chi connectivity index (χ1) is 8.08. The van der Waals surface area contributed by atoms with E-state index >= 15 is 0 Å². The molecule has 1 atom stereocenters. The first-order valence-corrected chi connectivity index (χ1v) is 6.88. The first-order valence-electron chi connectivity index (χ1n) is 6.06. The number of thiophene rings is 1. The van der Waals surface area contributed by atoms with Crippen LogP contribution in [0.1, 0.15) is 40.4 Å². The van der Waals surface area contributed by atoms with Crippen LogP contribution in [0.5, 0.6) is 0 Å². The zero-order valence-electron chi connectivity index (χ0n) is 10.7. The molecule has 1 rings (SSSR count). The minimum atomic E-state index is 0.00240. The summed E-state index contributed by atoms with van der Waals surface area (Å²) in [5.41, 5.74) is 1.20. The molecule has 0 bridgehead atoms. The van der Waals surface area contributed by atoms with E-state index in [2.05, 4.69) is 12.2 Å². The van der Waals surface area contributed by atoms with E-state index in [-0.39, 0.29) is 12.5 Å². The van der Waals surface area contributed by atoms with Gasteiger partial charge in [0.05, 0.1) is 4.88 Å². The molecule has 1 unspecified atom stereocenters. The molecule has 1 heterocycles. The van der Waals surface area contributed by atoms with Gasteiger partial charge in [0, 0.05) is 18.0 Å². The Labute approximate surface area is 107 Å². The lowest BCUT2D eigenvalue weighted by Crippen LogP contribution is -2.28. The highest BCUT2D eigenvalue weighted by atomic mass is 32.1. The third kappa shape index (κ3) is 4.13. The average molecular weight is 255 g/mol. The molecule has 1 aromatic rings. The predicted molar refractivity (Wildman–Crippen MR) is 71.6 cm³/mol. The number of rotatable bonds is 6. The molecular formula is C13H21NO2S. The van der Waals surface area contributed by atoms with Crippen LogP contribution in [0, 0.1) is 12.8 Å². The highest BCUT2D eigenvalue weighted by Crippen LogP contribution is 2.22. The molecule has 1 amide bonds. The van der Waals surface area contributed by atoms with Crippen molar-refractivity contribution in [2.45, 2.75) is 33.6 Å². The average Bonchev–Trinajstić information content (AvgIpc) is 2.68. The maximum absolute atomic E-state index is 11.9. The smallest absolute Gasteiger partial charge is 0.261 e. The SMILES string of the molecule is CCc1sc(C(=O)NCC(C)CCO)cc1C. The summed E-state index contributed by atoms with van der Waals surface area (Å²) in [7, 11) is 0. The zero-order chi connectivity index (χ0) is 12.8. The van der Waals surface area contributed by atoms with Crippen LogP contribution in [0.25, 0.3) is 0 Å². The van der Waals surface area contributed by atoms with Gasteiger partial charge in [0.2, 0.25) is 0 Å². The lowest BCUT2D eigenvalue weighted by atomic mass is 10.1. The number of aliphatic hydroxyl groups excluding tert-OH is 1. The summed E-state index contributed by atoms with van der Waals surface area (Å²) in [5.74, 6) is 0.318. The quantitative estimate of drug-likeness (QED) is 0.820. The second-order valence-corrected chi connectivity index (χ2v) is 5.53. The van der Waals surface area contributed by atoms with Crippen LogP contribution in [0.4, 0.5) is 0 Å². The van der Waals surface area contributed by atoms with Crippen LogP contribution >= 0.6 is 11.3 Å². The first kappa shape index (κ1) is 14.2. The number of amides is 1. The standard InChI is InChI=1S/C13H21NO2S/c1-4-11-10(3)7-12(17-11)13(16)14-8-9(2)5-6-15/h7,9,15H,4-6,8H2,1-3H3,(H,14,16). The Bertz CT molecular complexity index is 373. The fourth-order valence-corrected chi connectivity index (χ4v) is 2.69. The van der Waals surface area contributed by atoms with Crippen molar-refractivity contribution in [3.8, 4) is 0 Å². The molecular weight excluding hydrogens is 234 g/mol. The second kappa shape index (κ2) is 6.77. The van der Waals surface area contributed by atoms with Crippen molar-refractivity contribution in [3.63, 3.8) is 0 Å². The number of hydrogen-bond donors (Lipinski definition) is 2. The third-order valence-electron chi connectivity index (χ3n) is 2.80. The Kier molecular flexibility index (Phi) is 5.65. The summed E-state index contributed by atoms with van der Waals surface area (Å²) in [6.07, 6.45) is 1.70. The van der Waals surface area contributed by atoms with Gasteiger partial charge in [-0.3, -0.25) is 4.79 Å². The summed E-state index contributed by atoms with van der Waals surface area (Å²) in [6, 6.07) is 1.95. The van der Waals surface area contributed by atoms with Crippen LogP contribution in [0.2, 0.25) is 0 Å². The lowest BCUT2D eigenvalue weighted by Gasteiger charge is -2.10. The summed E-state index contributed by atoms with van der Waals surface area (Å²) >= 11 is 1.57. The molecule has 0 aliphatic heterocycles. The van der Waals surface area contributed by atoms with Gasteiger partial charge >= 0.3 is 0 Å². The van der Waals surface area contributed by atoms with Gasteiger partial charge in [-0.2, -0.15) is 0 Å². The molecule has 0 aliphatic carbocycles. The van der Waals surface area contributed by atoms with E-state index in [4.69, 9.17) is 5.11 Å². The van der Waals surface area contributed by atoms with Crippen molar-refractivity contribution in [2.24, 2.45) is 5.92 Å². The van der Waals surface area contributed by atoms with Crippen molar-refractivity contribution in [3.05, 3.63) is 21.4 Å². The molecule has 0 saturated heterocycles. The molecule has 0 aromatic carbocycles. The van der Waals surface area contributed by atoms with Crippen molar-refractivity contribution < 1.29 is 9.90 Å². The van der Waals surface area contributed by atoms with Gasteiger partial charge in [-0.05, 0) is 37.3 Å². The van der Waals surface area contributed by atoms with E-state index in [0.29, 0.717) is 12.5 Å². The van der Waals surface area contributed by atoms with Gasteiger partial charge in [-0.1, -0.05) is 13.8 Å². The number of nitrogens with one attached hydrogen (secondary N) is 1. The molecule has 0 aliphatic rings. The normalized spacial score (nSPS) is 12.5. The van der Waals surface area contributed by atoms with Gasteiger partial charge in [0.1, 0.15) is 0 Å². The van der Waals surface area contributed by atoms with E-state index in [1.807, 2.05) is 19.9 Å². The summed E-state index contributed by atoms with van der Waals surface area (Å²) in [4.78, 5) is 13.9. The van der Waals surface area contributed by atoms with Gasteiger partial charge in [0.25, 0.3) is 5.91 Å². The number of aliphatic hydroxyl groups is 1. The van der Waals surface area contributed by atoms with Crippen LogP contribution in [-0.4, -0.2) is 24.2 Å². The Morgan fingerprint density at radius 3 is 2.82 bits per heavy atom. The summed E-state index contributed by atoms with van der Waals surface area (Å²) in [6.45, 7) is 6.96. The van der Waals surface area contributed by atoms with E-state index < -0.39 is 0 Å². The fraction of sp³-hybridized carbons (Fsp3) is 0.615. The van der Waals surface area contributed by atoms with Crippen molar-refractivity contribution >= 4 is 17.2 Å². The highest BCUT2D eigenvalue weighted by molar-refractivity contribution is 7.14. The lowest BCUT2D eigenvalue weighted by molar-refractivity contribution is 0.0949. The molecule has 3 nitrogen and oxygen atoms in total. The third-order valence-corrected chi connectivity index (χ3v) is 4.18. The Morgan fingerprint density at radius 2 is 2.29 bits per heavy atom. The van der Waals surface area contributed by atoms with Crippen molar-refractivity contribution in [1.29, 1.82) is 0 Å². The molecule has 96 valence electrons. The molecule has 0 fully saturated rings. The van der Waals surface area contributed by atoms with Crippen LogP contribution < -0.4 is 5.32 Å². The molecule has 0 spiro atoms. The van der Waals surface area contributed by atoms with Gasteiger partial charge in [-0.25, -0.2) is 0 Å². The second-order valence-electron chi connectivity index (χ2n) is 4.40. The molecule has 0 saturated carbocycles. The van der Waals surface area contributed by atoms with Crippen molar-refractivity contribution in [1.82, 2.24) is 5.32 Å². The van der Waals surface area contributed by atoms with E-state index in [9.17, 15) is 4.79 Å². The molecule has 0 radical (unpaired) electrons. The van der Waals surface area contributed by atoms with Gasteiger partial charge in [-0.15, -0.1) is 11.3 Å². The number of hydrogen-bond acceptors (Lipinski definition) is 3. The summed E-state index contributed by atoms with van der Waals surface area (Å²) < 4.78 is 0. The van der Waals surface area contributed by atoms with E-state index in [1.54, 1.807) is 11.3 Å². The number of carbonyl (C=O) groups is 1. The van der Waals surface area contributed by atoms with Crippen LogP contribution in [0.3, 0.4) is 0 Å². The maximum atomic E-state index is 11.9. The molecule has 4 heteroatoms. The predicted octanol–water partition coefficient (Wildman–Crippen LogP) is 2.37. The highest BCUT2D eigenvalue weighted by Gasteiger charge is 2.12. The largest absolute Gasteiger partial charge is 0.396 e. The number of aryl methyl sites for hydroxylation is 2. The van der Waals surface area contributed by atoms with Gasteiger partial charge in [0.15, 0.2) is 0 Å². The topological polar surface area (TPSA) is 49.3 Å². The molecule has 2 N–H and O–H groups in total. The number of carbonyl (C=O) groups excluding carboxylic acids is 1. The summed E-state index contributed by atoms with van der Waals surface area (Å²) in [5, 5.41) is 11.7. The maximum Gasteiger partial charge on any atom is 0.261 e. The fourth-order valence-electron chi connectivity index (χ4n) is 1.66. The minimum absolute atomic E-state index is 0.00240. The van der Waals surface area contributed by atoms with Crippen LogP contribution in [-0.2, 0) is 6.42 Å². The van der Waals surface area contributed by atoms with E-state index in [0.717, 1.165) is 17.7 Å². The zero-order valence-corrected chi connectivity index (χ0v) is 11.6.